The summed E-state index contributed by atoms with van der Waals surface area (Å²) in [7, 11) is 0. The van der Waals surface area contributed by atoms with Crippen molar-refractivity contribution >= 4 is 5.91 Å². The third-order valence-electron chi connectivity index (χ3n) is 2.75. The zero-order valence-electron chi connectivity index (χ0n) is 9.67. The predicted molar refractivity (Wildman–Crippen MR) is 61.1 cm³/mol. The molecular weight excluding hydrogens is 190 g/mol. The van der Waals surface area contributed by atoms with E-state index in [1.807, 2.05) is 5.01 Å². The first-order valence-electron chi connectivity index (χ1n) is 6.02. The van der Waals surface area contributed by atoms with Crippen LogP contribution in [-0.2, 0) is 4.79 Å². The van der Waals surface area contributed by atoms with Crippen LogP contribution in [0.2, 0.25) is 0 Å². The van der Waals surface area contributed by atoms with Gasteiger partial charge in [0.15, 0.2) is 0 Å². The molecule has 0 radical (unpaired) electrons. The number of nitrogens with zero attached hydrogens (tertiary/aromatic N) is 1. The fraction of sp³-hybridized carbons (Fsp3) is 0.909. The maximum Gasteiger partial charge on any atom is 0.235 e. The van der Waals surface area contributed by atoms with Crippen molar-refractivity contribution in [3.8, 4) is 0 Å². The molecule has 0 aromatic rings. The fourth-order valence-electron chi connectivity index (χ4n) is 1.94. The maximum absolute atomic E-state index is 11.6. The van der Waals surface area contributed by atoms with Crippen molar-refractivity contribution in [2.45, 2.75) is 51.5 Å². The molecule has 0 spiro atoms. The van der Waals surface area contributed by atoms with Gasteiger partial charge in [-0.25, -0.2) is 5.01 Å². The molecule has 0 aromatic carbocycles. The van der Waals surface area contributed by atoms with Gasteiger partial charge in [-0.05, 0) is 19.3 Å². The van der Waals surface area contributed by atoms with Crippen molar-refractivity contribution in [1.29, 1.82) is 0 Å². The van der Waals surface area contributed by atoms with Gasteiger partial charge in [0.05, 0.1) is 0 Å². The molecule has 88 valence electrons. The zero-order chi connectivity index (χ0) is 11.1. The smallest absolute Gasteiger partial charge is 0.235 e. The Hall–Kier alpha value is -0.610. The van der Waals surface area contributed by atoms with E-state index in [0.717, 1.165) is 25.9 Å². The number of amides is 1. The van der Waals surface area contributed by atoms with Crippen LogP contribution in [0, 0.1) is 0 Å². The molecule has 0 aromatic heterocycles. The second kappa shape index (κ2) is 6.80. The number of nitrogens with two attached hydrogens (primary N) is 1. The van der Waals surface area contributed by atoms with Crippen LogP contribution >= 0.6 is 0 Å². The highest BCUT2D eigenvalue weighted by molar-refractivity contribution is 5.76. The number of nitrogens with one attached hydrogen (secondary N) is 1. The van der Waals surface area contributed by atoms with Gasteiger partial charge in [0.25, 0.3) is 0 Å². The molecule has 1 atom stereocenters. The summed E-state index contributed by atoms with van der Waals surface area (Å²) >= 11 is 0. The Morgan fingerprint density at radius 1 is 1.40 bits per heavy atom. The molecule has 1 amide bonds. The SMILES string of the molecule is CCCC(N)CC(=O)NN1CCCCC1. The van der Waals surface area contributed by atoms with Crippen molar-refractivity contribution in [2.75, 3.05) is 13.1 Å². The normalized spacial score (nSPS) is 19.9. The topological polar surface area (TPSA) is 58.4 Å². The fourth-order valence-corrected chi connectivity index (χ4v) is 1.94. The molecule has 1 rings (SSSR count). The monoisotopic (exact) mass is 213 g/mol. The van der Waals surface area contributed by atoms with Crippen LogP contribution in [0.25, 0.3) is 0 Å². The Bertz CT molecular complexity index is 190. The first kappa shape index (κ1) is 12.5. The minimum Gasteiger partial charge on any atom is -0.327 e. The molecule has 4 nitrogen and oxygen atoms in total. The van der Waals surface area contributed by atoms with Crippen LogP contribution in [0.3, 0.4) is 0 Å². The van der Waals surface area contributed by atoms with Gasteiger partial charge < -0.3 is 5.73 Å². The summed E-state index contributed by atoms with van der Waals surface area (Å²) in [5.41, 5.74) is 8.73. The summed E-state index contributed by atoms with van der Waals surface area (Å²) in [6, 6.07) is 0.0137. The largest absolute Gasteiger partial charge is 0.327 e. The van der Waals surface area contributed by atoms with E-state index in [1.54, 1.807) is 0 Å². The number of piperidine rings is 1. The lowest BCUT2D eigenvalue weighted by atomic mass is 10.1. The van der Waals surface area contributed by atoms with Crippen molar-refractivity contribution in [2.24, 2.45) is 5.73 Å². The molecular formula is C11H23N3O. The molecule has 3 N–H and O–H groups in total. The Morgan fingerprint density at radius 2 is 2.07 bits per heavy atom. The quantitative estimate of drug-likeness (QED) is 0.717. The van der Waals surface area contributed by atoms with Crippen molar-refractivity contribution in [1.82, 2.24) is 10.4 Å². The Kier molecular flexibility index (Phi) is 5.65. The van der Waals surface area contributed by atoms with Crippen molar-refractivity contribution in [3.63, 3.8) is 0 Å². The van der Waals surface area contributed by atoms with Gasteiger partial charge in [0, 0.05) is 25.6 Å². The molecule has 1 fully saturated rings. The highest BCUT2D eigenvalue weighted by Gasteiger charge is 2.14. The lowest BCUT2D eigenvalue weighted by Gasteiger charge is -2.27. The third-order valence-corrected chi connectivity index (χ3v) is 2.75. The maximum atomic E-state index is 11.6. The third kappa shape index (κ3) is 5.14. The highest BCUT2D eigenvalue weighted by Crippen LogP contribution is 2.06. The van der Waals surface area contributed by atoms with Gasteiger partial charge in [-0.15, -0.1) is 0 Å². The summed E-state index contributed by atoms with van der Waals surface area (Å²) in [6.07, 6.45) is 6.06. The minimum atomic E-state index is 0.0137. The molecule has 0 aliphatic carbocycles. The average molecular weight is 213 g/mol. The van der Waals surface area contributed by atoms with Crippen LogP contribution < -0.4 is 11.2 Å². The van der Waals surface area contributed by atoms with Crippen LogP contribution in [-0.4, -0.2) is 30.0 Å². The van der Waals surface area contributed by atoms with E-state index in [0.29, 0.717) is 6.42 Å². The van der Waals surface area contributed by atoms with E-state index in [9.17, 15) is 4.79 Å². The first-order valence-corrected chi connectivity index (χ1v) is 6.02. The number of carbonyl (C=O) groups is 1. The lowest BCUT2D eigenvalue weighted by molar-refractivity contribution is -0.126. The first-order chi connectivity index (χ1) is 7.22. The summed E-state index contributed by atoms with van der Waals surface area (Å²) in [5.74, 6) is 0.0675. The Balaban J connectivity index is 2.16. The van der Waals surface area contributed by atoms with E-state index in [-0.39, 0.29) is 11.9 Å². The zero-order valence-corrected chi connectivity index (χ0v) is 9.67. The van der Waals surface area contributed by atoms with Crippen molar-refractivity contribution < 1.29 is 4.79 Å². The average Bonchev–Trinajstić information content (AvgIpc) is 2.19. The van der Waals surface area contributed by atoms with Crippen LogP contribution in [0.5, 0.6) is 0 Å². The predicted octanol–water partition coefficient (Wildman–Crippen LogP) is 1.02. The minimum absolute atomic E-state index is 0.0137. The summed E-state index contributed by atoms with van der Waals surface area (Å²) < 4.78 is 0. The standard InChI is InChI=1S/C11H23N3O/c1-2-6-10(12)9-11(15)13-14-7-4-3-5-8-14/h10H,2-9,12H2,1H3,(H,13,15). The molecule has 1 unspecified atom stereocenters. The second-order valence-electron chi connectivity index (χ2n) is 4.34. The highest BCUT2D eigenvalue weighted by atomic mass is 16.2. The molecule has 1 saturated heterocycles. The van der Waals surface area contributed by atoms with E-state index in [2.05, 4.69) is 12.3 Å². The van der Waals surface area contributed by atoms with E-state index in [1.165, 1.54) is 19.3 Å². The summed E-state index contributed by atoms with van der Waals surface area (Å²) in [5, 5.41) is 2.02. The van der Waals surface area contributed by atoms with Crippen molar-refractivity contribution in [3.05, 3.63) is 0 Å². The van der Waals surface area contributed by atoms with Crippen LogP contribution in [0.4, 0.5) is 0 Å². The van der Waals surface area contributed by atoms with Crippen LogP contribution in [0.15, 0.2) is 0 Å². The van der Waals surface area contributed by atoms with Gasteiger partial charge >= 0.3 is 0 Å². The molecule has 4 heteroatoms. The van der Waals surface area contributed by atoms with Gasteiger partial charge in [0.1, 0.15) is 0 Å². The molecule has 0 saturated carbocycles. The molecule has 15 heavy (non-hydrogen) atoms. The number of hydrogen-bond donors (Lipinski definition) is 2. The number of hydrazine groups is 1. The summed E-state index contributed by atoms with van der Waals surface area (Å²) in [6.45, 7) is 4.05. The van der Waals surface area contributed by atoms with Gasteiger partial charge in [0.2, 0.25) is 5.91 Å². The molecule has 1 aliphatic heterocycles. The van der Waals surface area contributed by atoms with Gasteiger partial charge in [-0.2, -0.15) is 0 Å². The number of carbonyl (C=O) groups excluding carboxylic acids is 1. The van der Waals surface area contributed by atoms with E-state index >= 15 is 0 Å². The molecule has 1 aliphatic rings. The number of rotatable bonds is 5. The van der Waals surface area contributed by atoms with E-state index in [4.69, 9.17) is 5.73 Å². The van der Waals surface area contributed by atoms with Gasteiger partial charge in [-0.1, -0.05) is 19.8 Å². The number of hydrogen-bond acceptors (Lipinski definition) is 3. The van der Waals surface area contributed by atoms with Gasteiger partial charge in [-0.3, -0.25) is 10.2 Å². The Morgan fingerprint density at radius 3 is 2.67 bits per heavy atom. The molecule has 0 bridgehead atoms. The van der Waals surface area contributed by atoms with Crippen LogP contribution in [0.1, 0.15) is 45.4 Å². The lowest BCUT2D eigenvalue weighted by Crippen LogP contribution is -2.46. The second-order valence-corrected chi connectivity index (χ2v) is 4.34. The summed E-state index contributed by atoms with van der Waals surface area (Å²) in [4.78, 5) is 11.6. The molecule has 1 heterocycles. The Labute approximate surface area is 92.2 Å². The van der Waals surface area contributed by atoms with E-state index < -0.39 is 0 Å².